The molecule has 1 aromatic carbocycles. The summed E-state index contributed by atoms with van der Waals surface area (Å²) >= 11 is 0. The van der Waals surface area contributed by atoms with Gasteiger partial charge in [0.15, 0.2) is 6.29 Å². The molecule has 0 fully saturated rings. The number of carbonyl (C=O) groups excluding carboxylic acids is 2. The summed E-state index contributed by atoms with van der Waals surface area (Å²) in [5.41, 5.74) is 0.408. The number of hydrogen-bond acceptors (Lipinski definition) is 4. The maximum atomic E-state index is 11.2. The van der Waals surface area contributed by atoms with E-state index in [2.05, 4.69) is 5.32 Å². The average molecular weight is 251 g/mol. The molecular weight excluding hydrogens is 234 g/mol. The second-order valence-corrected chi connectivity index (χ2v) is 3.57. The monoisotopic (exact) mass is 251 g/mol. The summed E-state index contributed by atoms with van der Waals surface area (Å²) in [5.74, 6) is 0.974. The van der Waals surface area contributed by atoms with Gasteiger partial charge in [0.05, 0.1) is 25.7 Å². The Morgan fingerprint density at radius 3 is 2.83 bits per heavy atom. The average Bonchev–Trinajstić information content (AvgIpc) is 2.39. The second-order valence-electron chi connectivity index (χ2n) is 3.57. The van der Waals surface area contributed by atoms with Crippen molar-refractivity contribution in [2.24, 2.45) is 0 Å². The minimum absolute atomic E-state index is 0.0707. The zero-order chi connectivity index (χ0) is 13.4. The van der Waals surface area contributed by atoms with Gasteiger partial charge in [-0.3, -0.25) is 9.59 Å². The first kappa shape index (κ1) is 14.0. The fourth-order valence-electron chi connectivity index (χ4n) is 1.42. The molecule has 0 heterocycles. The predicted octanol–water partition coefficient (Wildman–Crippen LogP) is 1.41. The van der Waals surface area contributed by atoms with Crippen LogP contribution >= 0.6 is 0 Å². The molecule has 0 spiro atoms. The molecule has 1 N–H and O–H groups in total. The van der Waals surface area contributed by atoms with Crippen molar-refractivity contribution in [2.45, 2.75) is 13.3 Å². The molecule has 0 bridgehead atoms. The van der Waals surface area contributed by atoms with E-state index in [1.807, 2.05) is 6.92 Å². The molecule has 0 saturated heterocycles. The van der Waals surface area contributed by atoms with Crippen LogP contribution in [0.15, 0.2) is 18.2 Å². The van der Waals surface area contributed by atoms with Crippen LogP contribution < -0.4 is 14.8 Å². The minimum Gasteiger partial charge on any atom is -0.497 e. The molecule has 1 aromatic rings. The Balaban J connectivity index is 2.56. The fourth-order valence-corrected chi connectivity index (χ4v) is 1.42. The molecule has 1 amide bonds. The van der Waals surface area contributed by atoms with E-state index in [-0.39, 0.29) is 18.9 Å². The van der Waals surface area contributed by atoms with E-state index in [4.69, 9.17) is 9.47 Å². The Morgan fingerprint density at radius 2 is 2.22 bits per heavy atom. The molecule has 98 valence electrons. The van der Waals surface area contributed by atoms with Crippen LogP contribution in [0.2, 0.25) is 0 Å². The van der Waals surface area contributed by atoms with Gasteiger partial charge in [0, 0.05) is 6.54 Å². The molecular formula is C13H17NO4. The zero-order valence-electron chi connectivity index (χ0n) is 10.6. The number of ether oxygens (including phenoxy) is 2. The normalized spacial score (nSPS) is 9.67. The summed E-state index contributed by atoms with van der Waals surface area (Å²) in [6.07, 6.45) is 0.960. The van der Waals surface area contributed by atoms with E-state index >= 15 is 0 Å². The van der Waals surface area contributed by atoms with Crippen LogP contribution in [0.3, 0.4) is 0 Å². The fraction of sp³-hybridized carbons (Fsp3) is 0.385. The Hall–Kier alpha value is -2.04. The van der Waals surface area contributed by atoms with E-state index in [0.29, 0.717) is 29.9 Å². The molecule has 5 nitrogen and oxygen atoms in total. The first-order valence-corrected chi connectivity index (χ1v) is 5.74. The van der Waals surface area contributed by atoms with Gasteiger partial charge in [-0.2, -0.15) is 0 Å². The SMILES string of the molecule is CCNC(=O)CCOc1ccc(OC)cc1C=O. The maximum absolute atomic E-state index is 11.2. The van der Waals surface area contributed by atoms with Crippen LogP contribution in [0.4, 0.5) is 0 Å². The highest BCUT2D eigenvalue weighted by molar-refractivity contribution is 5.80. The van der Waals surface area contributed by atoms with Crippen LogP contribution in [0.1, 0.15) is 23.7 Å². The quantitative estimate of drug-likeness (QED) is 0.744. The lowest BCUT2D eigenvalue weighted by Gasteiger charge is -2.09. The molecule has 5 heteroatoms. The van der Waals surface area contributed by atoms with Gasteiger partial charge in [-0.05, 0) is 25.1 Å². The summed E-state index contributed by atoms with van der Waals surface area (Å²) < 4.78 is 10.4. The lowest BCUT2D eigenvalue weighted by Crippen LogP contribution is -2.24. The number of hydrogen-bond donors (Lipinski definition) is 1. The van der Waals surface area contributed by atoms with Gasteiger partial charge in [-0.25, -0.2) is 0 Å². The number of benzene rings is 1. The third-order valence-electron chi connectivity index (χ3n) is 2.30. The molecule has 0 saturated carbocycles. The van der Waals surface area contributed by atoms with Crippen molar-refractivity contribution in [3.8, 4) is 11.5 Å². The van der Waals surface area contributed by atoms with Gasteiger partial charge in [-0.1, -0.05) is 0 Å². The Morgan fingerprint density at radius 1 is 1.44 bits per heavy atom. The summed E-state index contributed by atoms with van der Waals surface area (Å²) in [6.45, 7) is 2.69. The Bertz CT molecular complexity index is 417. The smallest absolute Gasteiger partial charge is 0.223 e. The van der Waals surface area contributed by atoms with E-state index in [9.17, 15) is 9.59 Å². The van der Waals surface area contributed by atoms with Gasteiger partial charge in [-0.15, -0.1) is 0 Å². The molecule has 0 aliphatic rings. The van der Waals surface area contributed by atoms with Crippen molar-refractivity contribution in [1.82, 2.24) is 5.32 Å². The number of carbonyl (C=O) groups is 2. The van der Waals surface area contributed by atoms with E-state index < -0.39 is 0 Å². The number of methoxy groups -OCH3 is 1. The van der Waals surface area contributed by atoms with Crippen LogP contribution in [0, 0.1) is 0 Å². The van der Waals surface area contributed by atoms with Crippen molar-refractivity contribution < 1.29 is 19.1 Å². The van der Waals surface area contributed by atoms with Crippen molar-refractivity contribution in [1.29, 1.82) is 0 Å². The molecule has 0 radical (unpaired) electrons. The summed E-state index contributed by atoms with van der Waals surface area (Å²) in [6, 6.07) is 4.95. The van der Waals surface area contributed by atoms with Crippen molar-refractivity contribution in [3.63, 3.8) is 0 Å². The van der Waals surface area contributed by atoms with Crippen molar-refractivity contribution in [2.75, 3.05) is 20.3 Å². The van der Waals surface area contributed by atoms with Crippen LogP contribution in [-0.4, -0.2) is 32.5 Å². The van der Waals surface area contributed by atoms with Crippen LogP contribution in [-0.2, 0) is 4.79 Å². The lowest BCUT2D eigenvalue weighted by atomic mass is 10.2. The number of rotatable bonds is 7. The summed E-state index contributed by atoms with van der Waals surface area (Å²) in [5, 5.41) is 2.67. The Kier molecular flexibility index (Phi) is 5.70. The molecule has 0 aliphatic carbocycles. The third kappa shape index (κ3) is 4.08. The van der Waals surface area contributed by atoms with Gasteiger partial charge in [0.2, 0.25) is 5.91 Å². The maximum Gasteiger partial charge on any atom is 0.223 e. The molecule has 1 rings (SSSR count). The first-order chi connectivity index (χ1) is 8.71. The van der Waals surface area contributed by atoms with Crippen LogP contribution in [0.25, 0.3) is 0 Å². The largest absolute Gasteiger partial charge is 0.497 e. The summed E-state index contributed by atoms with van der Waals surface area (Å²) in [7, 11) is 1.53. The third-order valence-corrected chi connectivity index (χ3v) is 2.30. The Labute approximate surface area is 106 Å². The highest BCUT2D eigenvalue weighted by Crippen LogP contribution is 2.22. The molecule has 0 aliphatic heterocycles. The molecule has 18 heavy (non-hydrogen) atoms. The molecule has 0 atom stereocenters. The number of nitrogens with one attached hydrogen (secondary N) is 1. The summed E-state index contributed by atoms with van der Waals surface area (Å²) in [4.78, 5) is 22.1. The van der Waals surface area contributed by atoms with E-state index in [1.165, 1.54) is 7.11 Å². The van der Waals surface area contributed by atoms with Crippen molar-refractivity contribution in [3.05, 3.63) is 23.8 Å². The van der Waals surface area contributed by atoms with Gasteiger partial charge < -0.3 is 14.8 Å². The van der Waals surface area contributed by atoms with Gasteiger partial charge in [0.25, 0.3) is 0 Å². The highest BCUT2D eigenvalue weighted by Gasteiger charge is 2.06. The van der Waals surface area contributed by atoms with Crippen LogP contribution in [0.5, 0.6) is 11.5 Å². The highest BCUT2D eigenvalue weighted by atomic mass is 16.5. The van der Waals surface area contributed by atoms with Gasteiger partial charge in [0.1, 0.15) is 11.5 Å². The van der Waals surface area contributed by atoms with E-state index in [0.717, 1.165) is 0 Å². The second kappa shape index (κ2) is 7.32. The molecule has 0 aromatic heterocycles. The van der Waals surface area contributed by atoms with Crippen molar-refractivity contribution >= 4 is 12.2 Å². The standard InChI is InChI=1S/C13H17NO4/c1-3-14-13(16)6-7-18-12-5-4-11(17-2)8-10(12)9-15/h4-5,8-9H,3,6-7H2,1-2H3,(H,14,16). The lowest BCUT2D eigenvalue weighted by molar-refractivity contribution is -0.121. The van der Waals surface area contributed by atoms with Gasteiger partial charge >= 0.3 is 0 Å². The minimum atomic E-state index is -0.0707. The topological polar surface area (TPSA) is 64.6 Å². The first-order valence-electron chi connectivity index (χ1n) is 5.74. The van der Waals surface area contributed by atoms with E-state index in [1.54, 1.807) is 18.2 Å². The number of aldehydes is 1. The predicted molar refractivity (Wildman–Crippen MR) is 67.2 cm³/mol. The number of amides is 1. The molecule has 0 unspecified atom stereocenters. The zero-order valence-corrected chi connectivity index (χ0v) is 10.6.